The maximum Gasteiger partial charge on any atom is 0.270 e. The van der Waals surface area contributed by atoms with Crippen LogP contribution in [0.5, 0.6) is 5.75 Å². The van der Waals surface area contributed by atoms with Crippen LogP contribution >= 0.6 is 15.9 Å². The van der Waals surface area contributed by atoms with Crippen LogP contribution in [-0.4, -0.2) is 16.9 Å². The van der Waals surface area contributed by atoms with Crippen LogP contribution < -0.4 is 10.1 Å². The van der Waals surface area contributed by atoms with Gasteiger partial charge in [-0.15, -0.1) is 0 Å². The quantitative estimate of drug-likeness (QED) is 0.532. The molecular formula is C18H19BrN2O4. The fraction of sp³-hybridized carbons (Fsp3) is 0.278. The number of aryl methyl sites for hydroxylation is 1. The number of anilines is 1. The number of halogens is 1. The van der Waals surface area contributed by atoms with Gasteiger partial charge < -0.3 is 10.1 Å². The van der Waals surface area contributed by atoms with E-state index in [9.17, 15) is 14.9 Å². The standard InChI is InChI=1S/C18H19BrN2O4/c1-3-4-13-5-8-15(9-6-13)25-12(2)18(22)20-17-10-7-14(21(23)24)11-16(17)19/h5-12H,3-4H2,1-2H3,(H,20,22). The number of amides is 1. The van der Waals surface area contributed by atoms with Crippen molar-refractivity contribution in [1.82, 2.24) is 0 Å². The van der Waals surface area contributed by atoms with E-state index in [0.29, 0.717) is 15.9 Å². The van der Waals surface area contributed by atoms with Crippen molar-refractivity contribution in [3.05, 3.63) is 62.6 Å². The van der Waals surface area contributed by atoms with Crippen LogP contribution in [0.2, 0.25) is 0 Å². The monoisotopic (exact) mass is 406 g/mol. The largest absolute Gasteiger partial charge is 0.481 e. The van der Waals surface area contributed by atoms with Crippen LogP contribution in [0, 0.1) is 10.1 Å². The van der Waals surface area contributed by atoms with Crippen molar-refractivity contribution in [2.45, 2.75) is 32.8 Å². The number of hydrogen-bond acceptors (Lipinski definition) is 4. The number of nitro groups is 1. The van der Waals surface area contributed by atoms with Crippen molar-refractivity contribution in [2.75, 3.05) is 5.32 Å². The maximum absolute atomic E-state index is 12.3. The molecular weight excluding hydrogens is 388 g/mol. The molecule has 0 aliphatic carbocycles. The normalized spacial score (nSPS) is 11.6. The molecule has 0 aromatic heterocycles. The van der Waals surface area contributed by atoms with Gasteiger partial charge in [0.15, 0.2) is 6.10 Å². The first-order valence-corrected chi connectivity index (χ1v) is 8.70. The van der Waals surface area contributed by atoms with Crippen LogP contribution in [0.25, 0.3) is 0 Å². The van der Waals surface area contributed by atoms with Crippen molar-refractivity contribution in [1.29, 1.82) is 0 Å². The Morgan fingerprint density at radius 3 is 2.52 bits per heavy atom. The Balaban J connectivity index is 1.99. The molecule has 7 heteroatoms. The maximum atomic E-state index is 12.3. The summed E-state index contributed by atoms with van der Waals surface area (Å²) < 4.78 is 6.08. The van der Waals surface area contributed by atoms with Gasteiger partial charge in [0.2, 0.25) is 0 Å². The summed E-state index contributed by atoms with van der Waals surface area (Å²) in [5.74, 6) is 0.275. The molecule has 6 nitrogen and oxygen atoms in total. The Hall–Kier alpha value is -2.41. The number of ether oxygens (including phenoxy) is 1. The highest BCUT2D eigenvalue weighted by Crippen LogP contribution is 2.27. The molecule has 2 aromatic carbocycles. The highest BCUT2D eigenvalue weighted by Gasteiger charge is 2.17. The van der Waals surface area contributed by atoms with Gasteiger partial charge in [-0.05, 0) is 53.0 Å². The molecule has 2 aromatic rings. The summed E-state index contributed by atoms with van der Waals surface area (Å²) in [5.41, 5.74) is 1.62. The Kier molecular flexibility index (Phi) is 6.52. The van der Waals surface area contributed by atoms with Crippen LogP contribution in [0.1, 0.15) is 25.8 Å². The number of hydrogen-bond donors (Lipinski definition) is 1. The summed E-state index contributed by atoms with van der Waals surface area (Å²) in [6.07, 6.45) is 1.37. The van der Waals surface area contributed by atoms with Crippen molar-refractivity contribution < 1.29 is 14.5 Å². The molecule has 0 aliphatic rings. The first kappa shape index (κ1) is 18.9. The minimum absolute atomic E-state index is 0.0543. The molecule has 0 aliphatic heterocycles. The summed E-state index contributed by atoms with van der Waals surface area (Å²) in [4.78, 5) is 22.5. The van der Waals surface area contributed by atoms with Gasteiger partial charge >= 0.3 is 0 Å². The molecule has 0 radical (unpaired) electrons. The zero-order chi connectivity index (χ0) is 18.4. The topological polar surface area (TPSA) is 81.5 Å². The van der Waals surface area contributed by atoms with Crippen molar-refractivity contribution >= 4 is 33.2 Å². The van der Waals surface area contributed by atoms with Crippen molar-refractivity contribution in [2.24, 2.45) is 0 Å². The molecule has 1 amide bonds. The van der Waals surface area contributed by atoms with Crippen molar-refractivity contribution in [3.63, 3.8) is 0 Å². The summed E-state index contributed by atoms with van der Waals surface area (Å²) in [5, 5.41) is 13.4. The van der Waals surface area contributed by atoms with Gasteiger partial charge in [-0.2, -0.15) is 0 Å². The average molecular weight is 407 g/mol. The van der Waals surface area contributed by atoms with Crippen LogP contribution in [0.3, 0.4) is 0 Å². The summed E-state index contributed by atoms with van der Waals surface area (Å²) in [7, 11) is 0. The first-order valence-electron chi connectivity index (χ1n) is 7.91. The predicted octanol–water partition coefficient (Wildman–Crippen LogP) is 4.72. The van der Waals surface area contributed by atoms with E-state index in [-0.39, 0.29) is 11.6 Å². The molecule has 0 saturated carbocycles. The first-order chi connectivity index (χ1) is 11.9. The van der Waals surface area contributed by atoms with Gasteiger partial charge in [-0.25, -0.2) is 0 Å². The highest BCUT2D eigenvalue weighted by atomic mass is 79.9. The second-order valence-electron chi connectivity index (χ2n) is 5.56. The van der Waals surface area contributed by atoms with E-state index in [1.54, 1.807) is 6.92 Å². The van der Waals surface area contributed by atoms with E-state index in [2.05, 4.69) is 28.2 Å². The van der Waals surface area contributed by atoms with Gasteiger partial charge in [-0.3, -0.25) is 14.9 Å². The van der Waals surface area contributed by atoms with Gasteiger partial charge in [-0.1, -0.05) is 25.5 Å². The van der Waals surface area contributed by atoms with Crippen LogP contribution in [0.4, 0.5) is 11.4 Å². The number of carbonyl (C=O) groups excluding carboxylic acids is 1. The third-order valence-electron chi connectivity index (χ3n) is 3.57. The molecule has 0 heterocycles. The fourth-order valence-corrected chi connectivity index (χ4v) is 2.70. The van der Waals surface area contributed by atoms with Crippen LogP contribution in [0.15, 0.2) is 46.9 Å². The Bertz CT molecular complexity index is 762. The number of benzene rings is 2. The van der Waals surface area contributed by atoms with E-state index >= 15 is 0 Å². The summed E-state index contributed by atoms with van der Waals surface area (Å²) >= 11 is 3.22. The smallest absolute Gasteiger partial charge is 0.270 e. The number of carbonyl (C=O) groups is 1. The third kappa shape index (κ3) is 5.29. The second kappa shape index (κ2) is 8.62. The SMILES string of the molecule is CCCc1ccc(OC(C)C(=O)Nc2ccc([N+](=O)[O-])cc2Br)cc1. The lowest BCUT2D eigenvalue weighted by Crippen LogP contribution is -2.30. The Morgan fingerprint density at radius 1 is 1.28 bits per heavy atom. The molecule has 1 N–H and O–H groups in total. The molecule has 25 heavy (non-hydrogen) atoms. The number of nitrogens with one attached hydrogen (secondary N) is 1. The molecule has 1 atom stereocenters. The zero-order valence-corrected chi connectivity index (χ0v) is 15.6. The van der Waals surface area contributed by atoms with Gasteiger partial charge in [0, 0.05) is 16.6 Å². The molecule has 1 unspecified atom stereocenters. The number of non-ortho nitro benzene ring substituents is 1. The van der Waals surface area contributed by atoms with Gasteiger partial charge in [0.25, 0.3) is 11.6 Å². The zero-order valence-electron chi connectivity index (χ0n) is 14.0. The summed E-state index contributed by atoms with van der Waals surface area (Å²) in [6.45, 7) is 3.77. The minimum atomic E-state index is -0.709. The Morgan fingerprint density at radius 2 is 1.96 bits per heavy atom. The number of nitro benzene ring substituents is 1. The Labute approximate surface area is 154 Å². The molecule has 0 saturated heterocycles. The molecule has 0 fully saturated rings. The molecule has 132 valence electrons. The van der Waals surface area contributed by atoms with Crippen LogP contribution in [-0.2, 0) is 11.2 Å². The number of nitrogens with zero attached hydrogens (tertiary/aromatic N) is 1. The second-order valence-corrected chi connectivity index (χ2v) is 6.42. The molecule has 0 spiro atoms. The lowest BCUT2D eigenvalue weighted by molar-refractivity contribution is -0.384. The summed E-state index contributed by atoms with van der Waals surface area (Å²) in [6, 6.07) is 11.8. The van der Waals surface area contributed by atoms with E-state index in [1.165, 1.54) is 23.8 Å². The third-order valence-corrected chi connectivity index (χ3v) is 4.22. The van der Waals surface area contributed by atoms with Crippen molar-refractivity contribution in [3.8, 4) is 5.75 Å². The van der Waals surface area contributed by atoms with Gasteiger partial charge in [0.1, 0.15) is 5.75 Å². The minimum Gasteiger partial charge on any atom is -0.481 e. The number of rotatable bonds is 7. The van der Waals surface area contributed by atoms with E-state index in [1.807, 2.05) is 24.3 Å². The average Bonchev–Trinajstić information content (AvgIpc) is 2.58. The molecule has 2 rings (SSSR count). The molecule has 0 bridgehead atoms. The van der Waals surface area contributed by atoms with Gasteiger partial charge in [0.05, 0.1) is 10.6 Å². The van der Waals surface area contributed by atoms with E-state index < -0.39 is 11.0 Å². The highest BCUT2D eigenvalue weighted by molar-refractivity contribution is 9.10. The van der Waals surface area contributed by atoms with E-state index in [0.717, 1.165) is 12.8 Å². The lowest BCUT2D eigenvalue weighted by atomic mass is 10.1. The lowest BCUT2D eigenvalue weighted by Gasteiger charge is -2.15. The fourth-order valence-electron chi connectivity index (χ4n) is 2.23. The van der Waals surface area contributed by atoms with E-state index in [4.69, 9.17) is 4.74 Å². The predicted molar refractivity (Wildman–Crippen MR) is 100.0 cm³/mol.